The Morgan fingerprint density at radius 2 is 2.15 bits per heavy atom. The number of ether oxygens (including phenoxy) is 1. The molecule has 0 radical (unpaired) electrons. The van der Waals surface area contributed by atoms with Crippen molar-refractivity contribution in [1.29, 1.82) is 0 Å². The van der Waals surface area contributed by atoms with Crippen LogP contribution in [-0.2, 0) is 0 Å². The lowest BCUT2D eigenvalue weighted by atomic mass is 10.4. The molecule has 0 aliphatic carbocycles. The van der Waals surface area contributed by atoms with Crippen LogP contribution in [0, 0.1) is 0 Å². The molecule has 0 spiro atoms. The Kier molecular flexibility index (Phi) is 1.66. The first-order chi connectivity index (χ1) is 6.27. The van der Waals surface area contributed by atoms with Crippen molar-refractivity contribution in [1.82, 2.24) is 4.40 Å². The summed E-state index contributed by atoms with van der Waals surface area (Å²) in [5.41, 5.74) is 0.741. The Bertz CT molecular complexity index is 447. The van der Waals surface area contributed by atoms with Gasteiger partial charge in [-0.15, -0.1) is 0 Å². The summed E-state index contributed by atoms with van der Waals surface area (Å²) in [6, 6.07) is 7.09. The van der Waals surface area contributed by atoms with Crippen LogP contribution >= 0.6 is 0 Å². The van der Waals surface area contributed by atoms with E-state index in [9.17, 15) is 4.79 Å². The van der Waals surface area contributed by atoms with E-state index in [2.05, 4.69) is 4.74 Å². The summed E-state index contributed by atoms with van der Waals surface area (Å²) >= 11 is 0. The van der Waals surface area contributed by atoms with Crippen LogP contribution in [0.3, 0.4) is 0 Å². The molecule has 0 bridgehead atoms. The summed E-state index contributed by atoms with van der Waals surface area (Å²) < 4.78 is 6.35. The molecule has 0 amide bonds. The topological polar surface area (TPSA) is 50.9 Å². The predicted molar refractivity (Wildman–Crippen MR) is 46.0 cm³/mol. The largest absolute Gasteiger partial charge is 0.511 e. The summed E-state index contributed by atoms with van der Waals surface area (Å²) in [6.07, 6.45) is 2.27. The highest BCUT2D eigenvalue weighted by atomic mass is 16.7. The molecule has 13 heavy (non-hydrogen) atoms. The molecular weight excluding hydrogens is 170 g/mol. The molecule has 2 aromatic heterocycles. The van der Waals surface area contributed by atoms with Gasteiger partial charge in [0.1, 0.15) is 0 Å². The van der Waals surface area contributed by atoms with Gasteiger partial charge < -0.3 is 14.2 Å². The molecule has 4 heteroatoms. The summed E-state index contributed by atoms with van der Waals surface area (Å²) in [5, 5.41) is 8.41. The Balaban J connectivity index is 2.51. The minimum Gasteiger partial charge on any atom is -0.449 e. The summed E-state index contributed by atoms with van der Waals surface area (Å²) in [4.78, 5) is 10.3. The zero-order valence-corrected chi connectivity index (χ0v) is 6.68. The van der Waals surface area contributed by atoms with Crippen molar-refractivity contribution in [2.45, 2.75) is 0 Å². The van der Waals surface area contributed by atoms with Crippen LogP contribution < -0.4 is 4.74 Å². The number of carbonyl (C=O) groups is 1. The van der Waals surface area contributed by atoms with E-state index in [4.69, 9.17) is 5.11 Å². The maximum absolute atomic E-state index is 10.3. The molecule has 66 valence electrons. The SMILES string of the molecule is O=C(O)Oc1ccn2ccccc12. The molecule has 0 aliphatic rings. The molecule has 2 heterocycles. The normalized spacial score (nSPS) is 10.2. The van der Waals surface area contributed by atoms with E-state index < -0.39 is 6.16 Å². The van der Waals surface area contributed by atoms with Crippen LogP contribution in [-0.4, -0.2) is 15.7 Å². The number of carboxylic acid groups (broad SMARTS) is 1. The van der Waals surface area contributed by atoms with Crippen molar-refractivity contribution in [3.05, 3.63) is 36.7 Å². The Morgan fingerprint density at radius 1 is 1.31 bits per heavy atom. The third-order valence-electron chi connectivity index (χ3n) is 1.73. The van der Waals surface area contributed by atoms with Gasteiger partial charge in [0.15, 0.2) is 5.75 Å². The molecule has 0 aliphatic heterocycles. The van der Waals surface area contributed by atoms with Gasteiger partial charge >= 0.3 is 6.16 Å². The average Bonchev–Trinajstić information content (AvgIpc) is 2.48. The molecule has 0 fully saturated rings. The molecule has 1 N–H and O–H groups in total. The van der Waals surface area contributed by atoms with Crippen molar-refractivity contribution >= 4 is 11.7 Å². The summed E-state index contributed by atoms with van der Waals surface area (Å²) in [5.74, 6) is 0.355. The Hall–Kier alpha value is -1.97. The Morgan fingerprint density at radius 3 is 2.92 bits per heavy atom. The second-order valence-electron chi connectivity index (χ2n) is 2.54. The van der Waals surface area contributed by atoms with Gasteiger partial charge in [0, 0.05) is 12.4 Å². The van der Waals surface area contributed by atoms with Crippen molar-refractivity contribution in [2.75, 3.05) is 0 Å². The summed E-state index contributed by atoms with van der Waals surface area (Å²) in [7, 11) is 0. The van der Waals surface area contributed by atoms with Crippen LogP contribution in [0.2, 0.25) is 0 Å². The first-order valence-electron chi connectivity index (χ1n) is 3.74. The number of pyridine rings is 1. The third kappa shape index (κ3) is 1.33. The van der Waals surface area contributed by atoms with Gasteiger partial charge in [-0.3, -0.25) is 0 Å². The third-order valence-corrected chi connectivity index (χ3v) is 1.73. The van der Waals surface area contributed by atoms with Crippen molar-refractivity contribution in [3.63, 3.8) is 0 Å². The second kappa shape index (κ2) is 2.82. The highest BCUT2D eigenvalue weighted by Crippen LogP contribution is 2.20. The molecule has 0 unspecified atom stereocenters. The van der Waals surface area contributed by atoms with Gasteiger partial charge in [0.25, 0.3) is 0 Å². The van der Waals surface area contributed by atoms with Gasteiger partial charge in [0.2, 0.25) is 0 Å². The van der Waals surface area contributed by atoms with Crippen molar-refractivity contribution in [3.8, 4) is 5.75 Å². The monoisotopic (exact) mass is 177 g/mol. The number of nitrogens with zero attached hydrogens (tertiary/aromatic N) is 1. The van der Waals surface area contributed by atoms with Crippen LogP contribution in [0.4, 0.5) is 4.79 Å². The smallest absolute Gasteiger partial charge is 0.449 e. The number of hydrogen-bond donors (Lipinski definition) is 1. The van der Waals surface area contributed by atoms with E-state index in [1.165, 1.54) is 0 Å². The molecule has 0 aromatic carbocycles. The number of aromatic nitrogens is 1. The lowest BCUT2D eigenvalue weighted by Crippen LogP contribution is -2.02. The summed E-state index contributed by atoms with van der Waals surface area (Å²) in [6.45, 7) is 0. The fourth-order valence-corrected chi connectivity index (χ4v) is 1.21. The van der Waals surface area contributed by atoms with E-state index in [0.29, 0.717) is 5.75 Å². The van der Waals surface area contributed by atoms with Gasteiger partial charge in [-0.05, 0) is 18.2 Å². The first kappa shape index (κ1) is 7.67. The van der Waals surface area contributed by atoms with Gasteiger partial charge in [-0.1, -0.05) is 6.07 Å². The lowest BCUT2D eigenvalue weighted by molar-refractivity contribution is 0.145. The van der Waals surface area contributed by atoms with E-state index in [-0.39, 0.29) is 0 Å². The maximum atomic E-state index is 10.3. The minimum absolute atomic E-state index is 0.355. The second-order valence-corrected chi connectivity index (χ2v) is 2.54. The maximum Gasteiger partial charge on any atom is 0.511 e. The molecular formula is C9H7NO3. The molecule has 2 aromatic rings. The zero-order valence-electron chi connectivity index (χ0n) is 6.68. The quantitative estimate of drug-likeness (QED) is 0.677. The Labute approximate surface area is 74.0 Å². The molecule has 4 nitrogen and oxygen atoms in total. The van der Waals surface area contributed by atoms with Gasteiger partial charge in [-0.2, -0.15) is 0 Å². The van der Waals surface area contributed by atoms with Crippen LogP contribution in [0.25, 0.3) is 5.52 Å². The lowest BCUT2D eigenvalue weighted by Gasteiger charge is -1.97. The van der Waals surface area contributed by atoms with Crippen LogP contribution in [0.5, 0.6) is 5.75 Å². The predicted octanol–water partition coefficient (Wildman–Crippen LogP) is 2.00. The van der Waals surface area contributed by atoms with Crippen LogP contribution in [0.1, 0.15) is 0 Å². The fourth-order valence-electron chi connectivity index (χ4n) is 1.21. The highest BCUT2D eigenvalue weighted by molar-refractivity contribution is 5.69. The van der Waals surface area contributed by atoms with Gasteiger partial charge in [0.05, 0.1) is 5.52 Å². The zero-order chi connectivity index (χ0) is 9.26. The molecule has 0 saturated carbocycles. The number of fused-ring (bicyclic) bond motifs is 1. The van der Waals surface area contributed by atoms with E-state index in [1.54, 1.807) is 22.7 Å². The minimum atomic E-state index is -1.29. The molecule has 0 atom stereocenters. The number of hydrogen-bond acceptors (Lipinski definition) is 2. The van der Waals surface area contributed by atoms with Crippen molar-refractivity contribution in [2.24, 2.45) is 0 Å². The molecule has 2 rings (SSSR count). The van der Waals surface area contributed by atoms with E-state index in [0.717, 1.165) is 5.52 Å². The number of rotatable bonds is 1. The van der Waals surface area contributed by atoms with E-state index in [1.807, 2.05) is 18.3 Å². The van der Waals surface area contributed by atoms with E-state index >= 15 is 0 Å². The first-order valence-corrected chi connectivity index (χ1v) is 3.74. The van der Waals surface area contributed by atoms with Crippen LogP contribution in [0.15, 0.2) is 36.7 Å². The van der Waals surface area contributed by atoms with Crippen molar-refractivity contribution < 1.29 is 14.6 Å². The van der Waals surface area contributed by atoms with Gasteiger partial charge in [-0.25, -0.2) is 4.79 Å². The average molecular weight is 177 g/mol. The highest BCUT2D eigenvalue weighted by Gasteiger charge is 2.05. The molecule has 0 saturated heterocycles. The standard InChI is InChI=1S/C9H7NO3/c11-9(12)13-8-4-6-10-5-2-1-3-7(8)10/h1-6H,(H,11,12). The fraction of sp³-hybridized carbons (Fsp3) is 0.